The van der Waals surface area contributed by atoms with E-state index in [0.29, 0.717) is 22.8 Å². The van der Waals surface area contributed by atoms with Crippen LogP contribution in [0.2, 0.25) is 0 Å². The van der Waals surface area contributed by atoms with E-state index in [1.165, 1.54) is 6.26 Å². The first-order valence-electron chi connectivity index (χ1n) is 6.25. The standard InChI is InChI=1S/C17H12O3/c18-17(13-7-2-1-3-8-13)14-9-4-5-10-15(14)20-16-11-6-12-19-16/h1-12H. The molecule has 3 rings (SSSR count). The lowest BCUT2D eigenvalue weighted by atomic mass is 10.0. The van der Waals surface area contributed by atoms with Crippen molar-refractivity contribution < 1.29 is 13.9 Å². The summed E-state index contributed by atoms with van der Waals surface area (Å²) in [5, 5.41) is 0. The molecule has 0 bridgehead atoms. The molecule has 98 valence electrons. The molecule has 2 aromatic carbocycles. The summed E-state index contributed by atoms with van der Waals surface area (Å²) in [6, 6.07) is 19.7. The highest BCUT2D eigenvalue weighted by molar-refractivity contribution is 6.10. The van der Waals surface area contributed by atoms with Gasteiger partial charge in [0, 0.05) is 11.6 Å². The highest BCUT2D eigenvalue weighted by Crippen LogP contribution is 2.27. The first kappa shape index (κ1) is 12.2. The predicted molar refractivity (Wildman–Crippen MR) is 75.1 cm³/mol. The number of para-hydroxylation sites is 1. The Labute approximate surface area is 116 Å². The fourth-order valence-corrected chi connectivity index (χ4v) is 1.92. The van der Waals surface area contributed by atoms with Crippen LogP contribution >= 0.6 is 0 Å². The van der Waals surface area contributed by atoms with Gasteiger partial charge in [-0.3, -0.25) is 4.79 Å². The molecule has 0 radical (unpaired) electrons. The zero-order valence-corrected chi connectivity index (χ0v) is 10.7. The van der Waals surface area contributed by atoms with Gasteiger partial charge in [-0.05, 0) is 18.2 Å². The van der Waals surface area contributed by atoms with Crippen molar-refractivity contribution in [2.45, 2.75) is 0 Å². The molecule has 0 fully saturated rings. The van der Waals surface area contributed by atoms with E-state index in [-0.39, 0.29) is 5.78 Å². The van der Waals surface area contributed by atoms with Crippen LogP contribution in [-0.4, -0.2) is 5.78 Å². The van der Waals surface area contributed by atoms with E-state index >= 15 is 0 Å². The van der Waals surface area contributed by atoms with E-state index in [2.05, 4.69) is 0 Å². The van der Waals surface area contributed by atoms with Gasteiger partial charge in [-0.25, -0.2) is 0 Å². The molecule has 3 nitrogen and oxygen atoms in total. The molecule has 0 aliphatic carbocycles. The molecule has 0 unspecified atom stereocenters. The molecule has 0 aliphatic heterocycles. The average Bonchev–Trinajstić information content (AvgIpc) is 3.01. The molecule has 1 heterocycles. The van der Waals surface area contributed by atoms with Crippen LogP contribution < -0.4 is 4.74 Å². The molecule has 20 heavy (non-hydrogen) atoms. The normalized spacial score (nSPS) is 10.2. The average molecular weight is 264 g/mol. The lowest BCUT2D eigenvalue weighted by molar-refractivity contribution is 0.103. The molecule has 0 amide bonds. The summed E-state index contributed by atoms with van der Waals surface area (Å²) < 4.78 is 10.7. The quantitative estimate of drug-likeness (QED) is 0.659. The van der Waals surface area contributed by atoms with Crippen LogP contribution in [0.1, 0.15) is 15.9 Å². The van der Waals surface area contributed by atoms with E-state index in [1.807, 2.05) is 30.3 Å². The van der Waals surface area contributed by atoms with Crippen molar-refractivity contribution in [3.63, 3.8) is 0 Å². The third kappa shape index (κ3) is 2.47. The number of carbonyl (C=O) groups excluding carboxylic acids is 1. The van der Waals surface area contributed by atoms with Crippen molar-refractivity contribution in [1.29, 1.82) is 0 Å². The van der Waals surface area contributed by atoms with Gasteiger partial charge in [0.25, 0.3) is 5.95 Å². The van der Waals surface area contributed by atoms with Crippen LogP contribution in [0.4, 0.5) is 0 Å². The van der Waals surface area contributed by atoms with Gasteiger partial charge < -0.3 is 9.15 Å². The third-order valence-electron chi connectivity index (χ3n) is 2.87. The molecule has 0 saturated carbocycles. The zero-order valence-electron chi connectivity index (χ0n) is 10.7. The van der Waals surface area contributed by atoms with Gasteiger partial charge in [0.2, 0.25) is 0 Å². The fourth-order valence-electron chi connectivity index (χ4n) is 1.92. The summed E-state index contributed by atoms with van der Waals surface area (Å²) >= 11 is 0. The van der Waals surface area contributed by atoms with Crippen LogP contribution in [0, 0.1) is 0 Å². The Bertz CT molecular complexity index is 700. The van der Waals surface area contributed by atoms with E-state index in [0.717, 1.165) is 0 Å². The largest absolute Gasteiger partial charge is 0.434 e. The Morgan fingerprint density at radius 2 is 1.60 bits per heavy atom. The molecule has 1 aromatic heterocycles. The Balaban J connectivity index is 1.96. The lowest BCUT2D eigenvalue weighted by Crippen LogP contribution is -2.03. The van der Waals surface area contributed by atoms with Crippen LogP contribution in [0.15, 0.2) is 77.4 Å². The maximum absolute atomic E-state index is 12.5. The second-order valence-electron chi connectivity index (χ2n) is 4.23. The van der Waals surface area contributed by atoms with Crippen molar-refractivity contribution in [3.05, 3.63) is 84.1 Å². The highest BCUT2D eigenvalue weighted by atomic mass is 16.6. The third-order valence-corrected chi connectivity index (χ3v) is 2.87. The van der Waals surface area contributed by atoms with Crippen LogP contribution in [0.3, 0.4) is 0 Å². The second-order valence-corrected chi connectivity index (χ2v) is 4.23. The van der Waals surface area contributed by atoms with E-state index in [4.69, 9.17) is 9.15 Å². The Hall–Kier alpha value is -2.81. The molecule has 3 aromatic rings. The van der Waals surface area contributed by atoms with Crippen molar-refractivity contribution in [2.24, 2.45) is 0 Å². The molecule has 0 atom stereocenters. The summed E-state index contributed by atoms with van der Waals surface area (Å²) in [5.41, 5.74) is 1.14. The summed E-state index contributed by atoms with van der Waals surface area (Å²) in [5.74, 6) is 0.766. The minimum absolute atomic E-state index is 0.0762. The molecule has 0 N–H and O–H groups in total. The Morgan fingerprint density at radius 1 is 0.850 bits per heavy atom. The van der Waals surface area contributed by atoms with E-state index in [9.17, 15) is 4.79 Å². The number of hydrogen-bond acceptors (Lipinski definition) is 3. The minimum atomic E-state index is -0.0762. The van der Waals surface area contributed by atoms with Gasteiger partial charge in [-0.2, -0.15) is 0 Å². The van der Waals surface area contributed by atoms with Crippen molar-refractivity contribution in [2.75, 3.05) is 0 Å². The van der Waals surface area contributed by atoms with Gasteiger partial charge in [-0.1, -0.05) is 42.5 Å². The van der Waals surface area contributed by atoms with E-state index < -0.39 is 0 Å². The molecule has 3 heteroatoms. The molecular formula is C17H12O3. The predicted octanol–water partition coefficient (Wildman–Crippen LogP) is 4.30. The van der Waals surface area contributed by atoms with Crippen LogP contribution in [0.25, 0.3) is 0 Å². The minimum Gasteiger partial charge on any atom is -0.434 e. The number of hydrogen-bond donors (Lipinski definition) is 0. The summed E-state index contributed by atoms with van der Waals surface area (Å²) in [6.45, 7) is 0. The number of carbonyl (C=O) groups is 1. The monoisotopic (exact) mass is 264 g/mol. The van der Waals surface area contributed by atoms with Crippen molar-refractivity contribution >= 4 is 5.78 Å². The maximum atomic E-state index is 12.5. The van der Waals surface area contributed by atoms with Crippen LogP contribution in [0.5, 0.6) is 11.7 Å². The lowest BCUT2D eigenvalue weighted by Gasteiger charge is -2.08. The first-order chi connectivity index (χ1) is 9.84. The zero-order chi connectivity index (χ0) is 13.8. The Morgan fingerprint density at radius 3 is 2.35 bits per heavy atom. The summed E-state index contributed by atoms with van der Waals surface area (Å²) in [7, 11) is 0. The van der Waals surface area contributed by atoms with Gasteiger partial charge >= 0.3 is 0 Å². The summed E-state index contributed by atoms with van der Waals surface area (Å²) in [6.07, 6.45) is 1.52. The SMILES string of the molecule is O=C(c1ccccc1)c1ccccc1Oc1ccco1. The second kappa shape index (κ2) is 5.45. The number of rotatable bonds is 4. The molecular weight excluding hydrogens is 252 g/mol. The molecule has 0 saturated heterocycles. The van der Waals surface area contributed by atoms with Gasteiger partial charge in [0.05, 0.1) is 11.8 Å². The Kier molecular flexibility index (Phi) is 3.33. The molecule has 0 spiro atoms. The fraction of sp³-hybridized carbons (Fsp3) is 0. The smallest absolute Gasteiger partial charge is 0.289 e. The van der Waals surface area contributed by atoms with E-state index in [1.54, 1.807) is 36.4 Å². The van der Waals surface area contributed by atoms with Gasteiger partial charge in [-0.15, -0.1) is 0 Å². The van der Waals surface area contributed by atoms with Crippen molar-refractivity contribution in [1.82, 2.24) is 0 Å². The first-order valence-corrected chi connectivity index (χ1v) is 6.25. The number of ketones is 1. The number of furan rings is 1. The van der Waals surface area contributed by atoms with Crippen molar-refractivity contribution in [3.8, 4) is 11.7 Å². The maximum Gasteiger partial charge on any atom is 0.289 e. The molecule has 0 aliphatic rings. The topological polar surface area (TPSA) is 39.4 Å². The highest BCUT2D eigenvalue weighted by Gasteiger charge is 2.15. The summed E-state index contributed by atoms with van der Waals surface area (Å²) in [4.78, 5) is 12.5. The van der Waals surface area contributed by atoms with Gasteiger partial charge in [0.15, 0.2) is 5.78 Å². The number of benzene rings is 2. The number of ether oxygens (including phenoxy) is 1. The van der Waals surface area contributed by atoms with Gasteiger partial charge in [0.1, 0.15) is 5.75 Å². The van der Waals surface area contributed by atoms with Crippen LogP contribution in [-0.2, 0) is 0 Å².